The van der Waals surface area contributed by atoms with Crippen molar-refractivity contribution in [2.45, 2.75) is 26.3 Å². The van der Waals surface area contributed by atoms with Crippen molar-refractivity contribution in [3.8, 4) is 0 Å². The van der Waals surface area contributed by atoms with Gasteiger partial charge in [0.1, 0.15) is 18.0 Å². The minimum Gasteiger partial charge on any atom is -0.379 e. The minimum absolute atomic E-state index is 0.378. The monoisotopic (exact) mass is 222 g/mol. The van der Waals surface area contributed by atoms with Crippen LogP contribution in [0.25, 0.3) is 0 Å². The van der Waals surface area contributed by atoms with Gasteiger partial charge < -0.3 is 15.4 Å². The zero-order valence-corrected chi connectivity index (χ0v) is 9.79. The first kappa shape index (κ1) is 11.1. The smallest absolute Gasteiger partial charge is 0.134 e. The van der Waals surface area contributed by atoms with Crippen molar-refractivity contribution in [2.24, 2.45) is 0 Å². The van der Waals surface area contributed by atoms with E-state index >= 15 is 0 Å². The molecule has 16 heavy (non-hydrogen) atoms. The molecule has 2 rings (SSSR count). The van der Waals surface area contributed by atoms with E-state index in [-0.39, 0.29) is 0 Å². The third kappa shape index (κ3) is 2.41. The number of hydrogen-bond acceptors (Lipinski definition) is 5. The number of aromatic nitrogens is 2. The summed E-state index contributed by atoms with van der Waals surface area (Å²) in [4.78, 5) is 8.48. The number of anilines is 2. The summed E-state index contributed by atoms with van der Waals surface area (Å²) in [6.45, 7) is 6.54. The zero-order chi connectivity index (χ0) is 11.4. The Morgan fingerprint density at radius 1 is 1.44 bits per heavy atom. The van der Waals surface area contributed by atoms with E-state index in [2.05, 4.69) is 27.5 Å². The molecule has 1 aromatic heterocycles. The molecule has 1 atom stereocenters. The Bertz CT molecular complexity index is 350. The molecular weight excluding hydrogens is 204 g/mol. The standard InChI is InChI=1S/C11H18N4O/c1-3-12-10-8(2)11(14-7-13-10)15-9-4-5-16-6-9/h7,9H,3-6H2,1-2H3,(H2,12,13,14,15). The lowest BCUT2D eigenvalue weighted by Gasteiger charge is -2.15. The van der Waals surface area contributed by atoms with Crippen LogP contribution in [0.4, 0.5) is 11.6 Å². The molecule has 0 aromatic carbocycles. The number of nitrogens with zero attached hydrogens (tertiary/aromatic N) is 2. The fraction of sp³-hybridized carbons (Fsp3) is 0.636. The van der Waals surface area contributed by atoms with E-state index in [0.717, 1.165) is 43.4 Å². The maximum absolute atomic E-state index is 5.33. The topological polar surface area (TPSA) is 59.1 Å². The van der Waals surface area contributed by atoms with Gasteiger partial charge in [0.05, 0.1) is 12.6 Å². The first-order chi connectivity index (χ1) is 7.81. The van der Waals surface area contributed by atoms with Gasteiger partial charge in [-0.2, -0.15) is 0 Å². The lowest BCUT2D eigenvalue weighted by atomic mass is 10.2. The molecule has 0 saturated carbocycles. The molecule has 2 N–H and O–H groups in total. The fourth-order valence-electron chi connectivity index (χ4n) is 1.78. The molecule has 1 saturated heterocycles. The average Bonchev–Trinajstić information content (AvgIpc) is 2.77. The van der Waals surface area contributed by atoms with Crippen LogP contribution in [-0.2, 0) is 4.74 Å². The predicted octanol–water partition coefficient (Wildman–Crippen LogP) is 1.42. The van der Waals surface area contributed by atoms with Gasteiger partial charge in [-0.1, -0.05) is 0 Å². The molecule has 1 aliphatic heterocycles. The van der Waals surface area contributed by atoms with E-state index in [0.29, 0.717) is 6.04 Å². The molecule has 0 amide bonds. The van der Waals surface area contributed by atoms with Gasteiger partial charge in [0, 0.05) is 18.7 Å². The second kappa shape index (κ2) is 5.12. The quantitative estimate of drug-likeness (QED) is 0.806. The zero-order valence-electron chi connectivity index (χ0n) is 9.79. The van der Waals surface area contributed by atoms with Crippen LogP contribution in [0.1, 0.15) is 18.9 Å². The van der Waals surface area contributed by atoms with Gasteiger partial charge in [-0.15, -0.1) is 0 Å². The van der Waals surface area contributed by atoms with Crippen LogP contribution in [0.3, 0.4) is 0 Å². The summed E-state index contributed by atoms with van der Waals surface area (Å²) in [5.41, 5.74) is 1.07. The van der Waals surface area contributed by atoms with Crippen LogP contribution < -0.4 is 10.6 Å². The predicted molar refractivity (Wildman–Crippen MR) is 63.8 cm³/mol. The lowest BCUT2D eigenvalue weighted by molar-refractivity contribution is 0.195. The van der Waals surface area contributed by atoms with Crippen LogP contribution in [0.2, 0.25) is 0 Å². The molecule has 1 aromatic rings. The molecule has 5 nitrogen and oxygen atoms in total. The highest BCUT2D eigenvalue weighted by molar-refractivity contribution is 5.56. The largest absolute Gasteiger partial charge is 0.379 e. The molecule has 0 radical (unpaired) electrons. The van der Waals surface area contributed by atoms with Gasteiger partial charge >= 0.3 is 0 Å². The highest BCUT2D eigenvalue weighted by Gasteiger charge is 2.17. The number of ether oxygens (including phenoxy) is 1. The summed E-state index contributed by atoms with van der Waals surface area (Å²) in [5.74, 6) is 1.81. The Morgan fingerprint density at radius 3 is 2.94 bits per heavy atom. The summed E-state index contributed by atoms with van der Waals surface area (Å²) in [7, 11) is 0. The van der Waals surface area contributed by atoms with Crippen molar-refractivity contribution >= 4 is 11.6 Å². The Labute approximate surface area is 95.6 Å². The van der Waals surface area contributed by atoms with E-state index in [4.69, 9.17) is 4.74 Å². The molecular formula is C11H18N4O. The second-order valence-corrected chi connectivity index (χ2v) is 3.93. The third-order valence-electron chi connectivity index (χ3n) is 2.70. The lowest BCUT2D eigenvalue weighted by Crippen LogP contribution is -2.21. The maximum atomic E-state index is 5.33. The highest BCUT2D eigenvalue weighted by Crippen LogP contribution is 2.20. The molecule has 88 valence electrons. The molecule has 2 heterocycles. The van der Waals surface area contributed by atoms with Crippen molar-refractivity contribution in [1.82, 2.24) is 9.97 Å². The van der Waals surface area contributed by atoms with Crippen molar-refractivity contribution in [3.63, 3.8) is 0 Å². The van der Waals surface area contributed by atoms with Crippen LogP contribution in [0.5, 0.6) is 0 Å². The summed E-state index contributed by atoms with van der Waals surface area (Å²) < 4.78 is 5.33. The second-order valence-electron chi connectivity index (χ2n) is 3.93. The average molecular weight is 222 g/mol. The van der Waals surface area contributed by atoms with Crippen LogP contribution >= 0.6 is 0 Å². The molecule has 0 bridgehead atoms. The number of hydrogen-bond donors (Lipinski definition) is 2. The molecule has 5 heteroatoms. The molecule has 1 fully saturated rings. The summed E-state index contributed by atoms with van der Waals surface area (Å²) in [6.07, 6.45) is 2.63. The molecule has 1 unspecified atom stereocenters. The Kier molecular flexibility index (Phi) is 3.56. The van der Waals surface area contributed by atoms with Crippen molar-refractivity contribution in [3.05, 3.63) is 11.9 Å². The van der Waals surface area contributed by atoms with Crippen LogP contribution in [0, 0.1) is 6.92 Å². The van der Waals surface area contributed by atoms with E-state index in [1.807, 2.05) is 6.92 Å². The van der Waals surface area contributed by atoms with Gasteiger partial charge in [-0.25, -0.2) is 9.97 Å². The normalized spacial score (nSPS) is 19.8. The minimum atomic E-state index is 0.378. The first-order valence-electron chi connectivity index (χ1n) is 5.71. The summed E-state index contributed by atoms with van der Waals surface area (Å²) >= 11 is 0. The van der Waals surface area contributed by atoms with Crippen molar-refractivity contribution in [1.29, 1.82) is 0 Å². The van der Waals surface area contributed by atoms with Crippen molar-refractivity contribution < 1.29 is 4.74 Å². The summed E-state index contributed by atoms with van der Waals surface area (Å²) in [6, 6.07) is 0.378. The molecule has 0 aliphatic carbocycles. The van der Waals surface area contributed by atoms with Gasteiger partial charge in [-0.05, 0) is 20.3 Å². The Balaban J connectivity index is 2.10. The van der Waals surface area contributed by atoms with E-state index in [1.165, 1.54) is 0 Å². The maximum Gasteiger partial charge on any atom is 0.134 e. The third-order valence-corrected chi connectivity index (χ3v) is 2.70. The Morgan fingerprint density at radius 2 is 2.25 bits per heavy atom. The number of rotatable bonds is 4. The van der Waals surface area contributed by atoms with Gasteiger partial charge in [0.25, 0.3) is 0 Å². The van der Waals surface area contributed by atoms with Gasteiger partial charge in [-0.3, -0.25) is 0 Å². The van der Waals surface area contributed by atoms with Gasteiger partial charge in [0.15, 0.2) is 0 Å². The van der Waals surface area contributed by atoms with Crippen molar-refractivity contribution in [2.75, 3.05) is 30.4 Å². The molecule has 1 aliphatic rings. The van der Waals surface area contributed by atoms with E-state index in [9.17, 15) is 0 Å². The van der Waals surface area contributed by atoms with E-state index in [1.54, 1.807) is 6.33 Å². The van der Waals surface area contributed by atoms with Gasteiger partial charge in [0.2, 0.25) is 0 Å². The summed E-state index contributed by atoms with van der Waals surface area (Å²) in [5, 5.41) is 6.61. The van der Waals surface area contributed by atoms with E-state index < -0.39 is 0 Å². The van der Waals surface area contributed by atoms with Crippen LogP contribution in [-0.4, -0.2) is 35.8 Å². The SMILES string of the molecule is CCNc1ncnc(NC2CCOC2)c1C. The first-order valence-corrected chi connectivity index (χ1v) is 5.71. The Hall–Kier alpha value is -1.36. The van der Waals surface area contributed by atoms with Crippen LogP contribution in [0.15, 0.2) is 6.33 Å². The fourth-order valence-corrected chi connectivity index (χ4v) is 1.78. The highest BCUT2D eigenvalue weighted by atomic mass is 16.5. The molecule has 0 spiro atoms. The number of nitrogens with one attached hydrogen (secondary N) is 2.